The third kappa shape index (κ3) is 60.1. The summed E-state index contributed by atoms with van der Waals surface area (Å²) >= 11 is 0. The highest BCUT2D eigenvalue weighted by Crippen LogP contribution is 2.19. The van der Waals surface area contributed by atoms with Crippen LogP contribution in [0.4, 0.5) is 0 Å². The lowest BCUT2D eigenvalue weighted by molar-refractivity contribution is -0.143. The van der Waals surface area contributed by atoms with Gasteiger partial charge in [-0.1, -0.05) is 361 Å². The normalized spacial score (nSPS) is 12.4. The van der Waals surface area contributed by atoms with Crippen molar-refractivity contribution < 1.29 is 24.5 Å². The third-order valence-corrected chi connectivity index (χ3v) is 16.4. The molecule has 0 saturated carbocycles. The topological polar surface area (TPSA) is 95.9 Å². The van der Waals surface area contributed by atoms with Gasteiger partial charge in [-0.3, -0.25) is 9.59 Å². The number of esters is 1. The van der Waals surface area contributed by atoms with Crippen molar-refractivity contribution in [3.63, 3.8) is 0 Å². The molecule has 0 aromatic carbocycles. The van der Waals surface area contributed by atoms with E-state index in [2.05, 4.69) is 19.2 Å². The molecule has 2 atom stereocenters. The van der Waals surface area contributed by atoms with Crippen LogP contribution in [0.2, 0.25) is 0 Å². The molecule has 0 aliphatic heterocycles. The molecule has 0 aliphatic rings. The summed E-state index contributed by atoms with van der Waals surface area (Å²) in [7, 11) is 0. The zero-order chi connectivity index (χ0) is 53.6. The monoisotopic (exact) mass is 1050 g/mol. The average Bonchev–Trinajstić information content (AvgIpc) is 3.40. The van der Waals surface area contributed by atoms with Gasteiger partial charge in [0.15, 0.2) is 0 Å². The highest BCUT2D eigenvalue weighted by atomic mass is 16.5. The molecule has 0 aliphatic carbocycles. The molecule has 442 valence electrons. The summed E-state index contributed by atoms with van der Waals surface area (Å²) in [5.41, 5.74) is 0. The van der Waals surface area contributed by atoms with Crippen molar-refractivity contribution in [1.82, 2.24) is 5.32 Å². The van der Waals surface area contributed by atoms with Gasteiger partial charge in [-0.15, -0.1) is 0 Å². The van der Waals surface area contributed by atoms with Crippen LogP contribution >= 0.6 is 0 Å². The van der Waals surface area contributed by atoms with Crippen LogP contribution in [0.5, 0.6) is 0 Å². The number of rotatable bonds is 65. The maximum atomic E-state index is 12.5. The summed E-state index contributed by atoms with van der Waals surface area (Å²) in [5, 5.41) is 23.2. The molecule has 0 saturated heterocycles. The molecule has 0 rings (SSSR count). The molecule has 0 bridgehead atoms. The van der Waals surface area contributed by atoms with Crippen LogP contribution in [0.25, 0.3) is 0 Å². The van der Waals surface area contributed by atoms with Gasteiger partial charge in [0.05, 0.1) is 25.4 Å². The minimum absolute atomic E-state index is 0.0246. The lowest BCUT2D eigenvalue weighted by Gasteiger charge is -2.22. The number of hydrogen-bond donors (Lipinski definition) is 3. The smallest absolute Gasteiger partial charge is 0.305 e. The summed E-state index contributed by atoms with van der Waals surface area (Å²) in [5.74, 6) is -0.00464. The van der Waals surface area contributed by atoms with Crippen LogP contribution in [0, 0.1) is 0 Å². The molecule has 0 fully saturated rings. The van der Waals surface area contributed by atoms with E-state index in [0.29, 0.717) is 25.9 Å². The summed E-state index contributed by atoms with van der Waals surface area (Å²) < 4.78 is 5.50. The fourth-order valence-electron chi connectivity index (χ4n) is 11.2. The van der Waals surface area contributed by atoms with E-state index in [1.54, 1.807) is 0 Å². The van der Waals surface area contributed by atoms with E-state index in [4.69, 9.17) is 4.74 Å². The fraction of sp³-hybridized carbons (Fsp3) is 0.971. The summed E-state index contributed by atoms with van der Waals surface area (Å²) in [4.78, 5) is 24.5. The van der Waals surface area contributed by atoms with E-state index in [-0.39, 0.29) is 18.5 Å². The molecule has 74 heavy (non-hydrogen) atoms. The van der Waals surface area contributed by atoms with Crippen LogP contribution < -0.4 is 5.32 Å². The number of aliphatic hydroxyl groups is 2. The van der Waals surface area contributed by atoms with Crippen molar-refractivity contribution in [2.75, 3.05) is 13.2 Å². The first-order valence-corrected chi connectivity index (χ1v) is 34.3. The molecule has 1 amide bonds. The van der Waals surface area contributed by atoms with Crippen molar-refractivity contribution >= 4 is 11.9 Å². The molecule has 2 unspecified atom stereocenters. The predicted molar refractivity (Wildman–Crippen MR) is 324 cm³/mol. The van der Waals surface area contributed by atoms with Gasteiger partial charge < -0.3 is 20.3 Å². The molecule has 6 nitrogen and oxygen atoms in total. The zero-order valence-corrected chi connectivity index (χ0v) is 50.6. The lowest BCUT2D eigenvalue weighted by atomic mass is 10.0. The van der Waals surface area contributed by atoms with Crippen LogP contribution in [-0.4, -0.2) is 47.4 Å². The first-order valence-electron chi connectivity index (χ1n) is 34.3. The number of hydrogen-bond acceptors (Lipinski definition) is 5. The summed E-state index contributed by atoms with van der Waals surface area (Å²) in [6.07, 6.45) is 77.3. The number of carbonyl (C=O) groups excluding carboxylic acids is 2. The first-order chi connectivity index (χ1) is 36.5. The van der Waals surface area contributed by atoms with E-state index < -0.39 is 12.1 Å². The van der Waals surface area contributed by atoms with Crippen molar-refractivity contribution in [2.24, 2.45) is 0 Å². The van der Waals surface area contributed by atoms with Gasteiger partial charge in [0, 0.05) is 12.8 Å². The van der Waals surface area contributed by atoms with Crippen molar-refractivity contribution in [1.29, 1.82) is 0 Å². The molecular weight excluding hydrogens is 911 g/mol. The van der Waals surface area contributed by atoms with Gasteiger partial charge in [0.1, 0.15) is 0 Å². The van der Waals surface area contributed by atoms with E-state index in [9.17, 15) is 19.8 Å². The minimum Gasteiger partial charge on any atom is -0.466 e. The first kappa shape index (κ1) is 72.9. The molecule has 3 N–H and O–H groups in total. The van der Waals surface area contributed by atoms with Gasteiger partial charge in [0.25, 0.3) is 0 Å². The number of ether oxygens (including phenoxy) is 1. The van der Waals surface area contributed by atoms with E-state index in [1.807, 2.05) is 0 Å². The van der Waals surface area contributed by atoms with Crippen molar-refractivity contribution in [3.8, 4) is 0 Å². The lowest BCUT2D eigenvalue weighted by Crippen LogP contribution is -2.45. The largest absolute Gasteiger partial charge is 0.466 e. The highest BCUT2D eigenvalue weighted by molar-refractivity contribution is 5.76. The zero-order valence-electron chi connectivity index (χ0n) is 50.6. The molecule has 0 spiro atoms. The SMILES string of the molecule is CCCCCCCCCCCCCCCCCC(=O)OCCCCCCCCCCCCCCCCCCCCCCCCCCCCCCCCCC(=O)NC(CO)C(O)CCCCCCCCCCCCC. The van der Waals surface area contributed by atoms with Crippen LogP contribution in [0.3, 0.4) is 0 Å². The van der Waals surface area contributed by atoms with E-state index >= 15 is 0 Å². The summed E-state index contributed by atoms with van der Waals surface area (Å²) in [6.45, 7) is 4.99. The number of unbranched alkanes of at least 4 members (excludes halogenated alkanes) is 54. The fourth-order valence-corrected chi connectivity index (χ4v) is 11.2. The van der Waals surface area contributed by atoms with Crippen LogP contribution in [0.15, 0.2) is 0 Å². The van der Waals surface area contributed by atoms with Gasteiger partial charge in [0.2, 0.25) is 5.91 Å². The minimum atomic E-state index is -0.658. The Balaban J connectivity index is 3.28. The van der Waals surface area contributed by atoms with Gasteiger partial charge in [-0.05, 0) is 25.7 Å². The molecule has 0 aromatic rings. The average molecular weight is 1050 g/mol. The second-order valence-electron chi connectivity index (χ2n) is 23.9. The predicted octanol–water partition coefficient (Wildman–Crippen LogP) is 21.8. The van der Waals surface area contributed by atoms with E-state index in [0.717, 1.165) is 38.5 Å². The second-order valence-corrected chi connectivity index (χ2v) is 23.9. The Morgan fingerprint density at radius 3 is 0.824 bits per heavy atom. The van der Waals surface area contributed by atoms with Crippen molar-refractivity contribution in [3.05, 3.63) is 0 Å². The van der Waals surface area contributed by atoms with E-state index in [1.165, 1.54) is 327 Å². The number of aliphatic hydroxyl groups excluding tert-OH is 2. The number of carbonyl (C=O) groups is 2. The van der Waals surface area contributed by atoms with Gasteiger partial charge in [-0.2, -0.15) is 0 Å². The number of nitrogens with one attached hydrogen (secondary N) is 1. The Bertz CT molecular complexity index is 1070. The van der Waals surface area contributed by atoms with Crippen LogP contribution in [-0.2, 0) is 14.3 Å². The Kier molecular flexibility index (Phi) is 63.4. The maximum Gasteiger partial charge on any atom is 0.305 e. The molecule has 6 heteroatoms. The third-order valence-electron chi connectivity index (χ3n) is 16.4. The quantitative estimate of drug-likeness (QED) is 0.0417. The maximum absolute atomic E-state index is 12.5. The molecule has 0 radical (unpaired) electrons. The Morgan fingerprint density at radius 2 is 0.554 bits per heavy atom. The molecule has 0 aromatic heterocycles. The van der Waals surface area contributed by atoms with Gasteiger partial charge >= 0.3 is 5.97 Å². The van der Waals surface area contributed by atoms with Crippen LogP contribution in [0.1, 0.15) is 399 Å². The van der Waals surface area contributed by atoms with Gasteiger partial charge in [-0.25, -0.2) is 0 Å². The Morgan fingerprint density at radius 1 is 0.324 bits per heavy atom. The second kappa shape index (κ2) is 64.4. The summed E-state index contributed by atoms with van der Waals surface area (Å²) in [6, 6.07) is -0.535. The molecular formula is C68H135NO5. The standard InChI is InChI=1S/C68H135NO5/c1-3-5-7-9-11-13-15-16-34-38-42-46-50-54-58-62-68(73)74-63-59-55-51-47-43-39-36-33-31-29-27-25-23-21-19-17-18-20-22-24-26-28-30-32-35-37-41-45-49-53-57-61-67(72)69-65(64-70)66(71)60-56-52-48-44-40-14-12-10-8-6-4-2/h65-66,70-71H,3-64H2,1-2H3,(H,69,72). The Hall–Kier alpha value is -1.14. The van der Waals surface area contributed by atoms with Crippen molar-refractivity contribution in [2.45, 2.75) is 411 Å². The number of amides is 1. The molecule has 0 heterocycles. The highest BCUT2D eigenvalue weighted by Gasteiger charge is 2.20. The Labute approximate surface area is 464 Å².